The van der Waals surface area contributed by atoms with Gasteiger partial charge in [0.2, 0.25) is 0 Å². The van der Waals surface area contributed by atoms with E-state index in [9.17, 15) is 14.7 Å². The molecule has 1 fully saturated rings. The van der Waals surface area contributed by atoms with Crippen molar-refractivity contribution in [1.29, 1.82) is 0 Å². The average Bonchev–Trinajstić information content (AvgIpc) is 3.03. The molecule has 0 bridgehead atoms. The number of carboxylic acids is 1. The first kappa shape index (κ1) is 21.6. The Balaban J connectivity index is 1.75. The smallest absolute Gasteiger partial charge is 0.341 e. The fourth-order valence-corrected chi connectivity index (χ4v) is 4.93. The molecule has 0 unspecified atom stereocenters. The van der Waals surface area contributed by atoms with Gasteiger partial charge in [-0.25, -0.2) is 4.79 Å². The highest BCUT2D eigenvalue weighted by Crippen LogP contribution is 2.49. The lowest BCUT2D eigenvalue weighted by Crippen LogP contribution is -2.29. The SMILES string of the molecule is COCCC(=O)O[C@@H]1C[C@@H]2Cc3c(cccc3OCC(=O)O)C[C@@H]2[C@H]1CCCO. The van der Waals surface area contributed by atoms with Gasteiger partial charge in [-0.05, 0) is 67.1 Å². The summed E-state index contributed by atoms with van der Waals surface area (Å²) in [5.41, 5.74) is 2.25. The predicted molar refractivity (Wildman–Crippen MR) is 105 cm³/mol. The molecule has 0 amide bonds. The molecule has 1 saturated carbocycles. The second-order valence-electron chi connectivity index (χ2n) is 7.94. The van der Waals surface area contributed by atoms with Gasteiger partial charge in [-0.1, -0.05) is 12.1 Å². The van der Waals surface area contributed by atoms with Crippen LogP contribution in [-0.2, 0) is 31.9 Å². The minimum atomic E-state index is -0.996. The molecule has 0 aliphatic heterocycles. The standard InChI is InChI=1S/C22H30O7/c1-27-9-7-22(26)29-20-12-15-11-18-14(10-17(15)16(20)5-3-8-23)4-2-6-19(18)28-13-21(24)25/h2,4,6,15-17,20,23H,3,5,7-13H2,1H3,(H,24,25)/t15-,16+,17-,20+/m0/s1. The Kier molecular flexibility index (Phi) is 7.50. The van der Waals surface area contributed by atoms with E-state index in [0.29, 0.717) is 30.6 Å². The fourth-order valence-electron chi connectivity index (χ4n) is 4.93. The molecule has 0 heterocycles. The van der Waals surface area contributed by atoms with Crippen molar-refractivity contribution in [2.45, 2.75) is 44.6 Å². The van der Waals surface area contributed by atoms with E-state index in [1.807, 2.05) is 12.1 Å². The van der Waals surface area contributed by atoms with E-state index in [2.05, 4.69) is 6.07 Å². The number of hydrogen-bond acceptors (Lipinski definition) is 6. The van der Waals surface area contributed by atoms with E-state index < -0.39 is 5.97 Å². The number of aliphatic hydroxyl groups is 1. The molecule has 0 spiro atoms. The van der Waals surface area contributed by atoms with E-state index in [1.54, 1.807) is 7.11 Å². The number of aliphatic hydroxyl groups excluding tert-OH is 1. The van der Waals surface area contributed by atoms with Gasteiger partial charge in [-0.2, -0.15) is 0 Å². The van der Waals surface area contributed by atoms with Crippen LogP contribution in [0.5, 0.6) is 5.75 Å². The van der Waals surface area contributed by atoms with Gasteiger partial charge in [-0.15, -0.1) is 0 Å². The Morgan fingerprint density at radius 2 is 2.07 bits per heavy atom. The van der Waals surface area contributed by atoms with Crippen molar-refractivity contribution in [1.82, 2.24) is 0 Å². The number of aliphatic carboxylic acids is 1. The number of fused-ring (bicyclic) bond motifs is 2. The van der Waals surface area contributed by atoms with Crippen LogP contribution in [0.25, 0.3) is 0 Å². The minimum Gasteiger partial charge on any atom is -0.482 e. The highest BCUT2D eigenvalue weighted by Gasteiger charge is 2.47. The van der Waals surface area contributed by atoms with Crippen LogP contribution in [0.3, 0.4) is 0 Å². The molecule has 2 aliphatic carbocycles. The number of esters is 1. The Morgan fingerprint density at radius 3 is 2.79 bits per heavy atom. The van der Waals surface area contributed by atoms with Crippen LogP contribution in [0.4, 0.5) is 0 Å². The largest absolute Gasteiger partial charge is 0.482 e. The van der Waals surface area contributed by atoms with Crippen molar-refractivity contribution in [2.24, 2.45) is 17.8 Å². The van der Waals surface area contributed by atoms with Crippen molar-refractivity contribution in [2.75, 3.05) is 26.9 Å². The average molecular weight is 406 g/mol. The maximum Gasteiger partial charge on any atom is 0.341 e. The normalized spacial score (nSPS) is 25.2. The second kappa shape index (κ2) is 10.1. The van der Waals surface area contributed by atoms with E-state index in [0.717, 1.165) is 31.2 Å². The Hall–Kier alpha value is -2.12. The molecule has 2 N–H and O–H groups in total. The van der Waals surface area contributed by atoms with Gasteiger partial charge in [-0.3, -0.25) is 4.79 Å². The van der Waals surface area contributed by atoms with Crippen LogP contribution < -0.4 is 4.74 Å². The number of methoxy groups -OCH3 is 1. The van der Waals surface area contributed by atoms with Crippen molar-refractivity contribution >= 4 is 11.9 Å². The second-order valence-corrected chi connectivity index (χ2v) is 7.94. The van der Waals surface area contributed by atoms with Gasteiger partial charge in [0.25, 0.3) is 0 Å². The third-order valence-electron chi connectivity index (χ3n) is 6.16. The molecule has 1 aromatic rings. The molecule has 160 valence electrons. The van der Waals surface area contributed by atoms with Crippen LogP contribution in [0.2, 0.25) is 0 Å². The van der Waals surface area contributed by atoms with Crippen LogP contribution in [-0.4, -0.2) is 55.2 Å². The van der Waals surface area contributed by atoms with Gasteiger partial charge in [0.15, 0.2) is 6.61 Å². The first-order valence-electron chi connectivity index (χ1n) is 10.3. The van der Waals surface area contributed by atoms with Crippen LogP contribution >= 0.6 is 0 Å². The molecule has 29 heavy (non-hydrogen) atoms. The molecular formula is C22H30O7. The number of carbonyl (C=O) groups is 2. The zero-order valence-corrected chi connectivity index (χ0v) is 16.8. The minimum absolute atomic E-state index is 0.127. The van der Waals surface area contributed by atoms with Crippen LogP contribution in [0, 0.1) is 17.8 Å². The summed E-state index contributed by atoms with van der Waals surface area (Å²) < 4.78 is 16.3. The molecule has 0 saturated heterocycles. The van der Waals surface area contributed by atoms with E-state index in [-0.39, 0.29) is 37.6 Å². The Morgan fingerprint density at radius 1 is 1.24 bits per heavy atom. The third kappa shape index (κ3) is 5.28. The number of benzene rings is 1. The molecule has 0 radical (unpaired) electrons. The summed E-state index contributed by atoms with van der Waals surface area (Å²) in [6.45, 7) is 0.112. The lowest BCUT2D eigenvalue weighted by atomic mass is 9.73. The molecule has 7 heteroatoms. The molecule has 4 atom stereocenters. The van der Waals surface area contributed by atoms with Gasteiger partial charge in [0.1, 0.15) is 11.9 Å². The van der Waals surface area contributed by atoms with Crippen molar-refractivity contribution in [3.05, 3.63) is 29.3 Å². The van der Waals surface area contributed by atoms with E-state index >= 15 is 0 Å². The summed E-state index contributed by atoms with van der Waals surface area (Å²) in [6, 6.07) is 5.79. The Labute approximate surface area is 171 Å². The van der Waals surface area contributed by atoms with Crippen LogP contribution in [0.15, 0.2) is 18.2 Å². The summed E-state index contributed by atoms with van der Waals surface area (Å²) >= 11 is 0. The molecule has 0 aromatic heterocycles. The van der Waals surface area contributed by atoms with Crippen LogP contribution in [0.1, 0.15) is 36.8 Å². The fraction of sp³-hybridized carbons (Fsp3) is 0.636. The zero-order chi connectivity index (χ0) is 20.8. The van der Waals surface area contributed by atoms with E-state index in [4.69, 9.17) is 19.3 Å². The summed E-state index contributed by atoms with van der Waals surface area (Å²) in [4.78, 5) is 23.1. The predicted octanol–water partition coefficient (Wildman–Crippen LogP) is 2.22. The highest BCUT2D eigenvalue weighted by molar-refractivity contribution is 5.69. The number of rotatable bonds is 10. The lowest BCUT2D eigenvalue weighted by molar-refractivity contribution is -0.152. The molecular weight excluding hydrogens is 376 g/mol. The summed E-state index contributed by atoms with van der Waals surface area (Å²) in [5.74, 6) is 0.341. The summed E-state index contributed by atoms with van der Waals surface area (Å²) in [5, 5.41) is 18.2. The summed E-state index contributed by atoms with van der Waals surface area (Å²) in [6.07, 6.45) is 4.02. The maximum atomic E-state index is 12.2. The maximum absolute atomic E-state index is 12.2. The van der Waals surface area contributed by atoms with Crippen molar-refractivity contribution in [3.63, 3.8) is 0 Å². The van der Waals surface area contributed by atoms with Gasteiger partial charge >= 0.3 is 11.9 Å². The van der Waals surface area contributed by atoms with Crippen molar-refractivity contribution < 1.29 is 34.0 Å². The highest BCUT2D eigenvalue weighted by atomic mass is 16.5. The topological polar surface area (TPSA) is 102 Å². The van der Waals surface area contributed by atoms with Gasteiger partial charge in [0.05, 0.1) is 13.0 Å². The first-order valence-corrected chi connectivity index (χ1v) is 10.3. The zero-order valence-electron chi connectivity index (χ0n) is 16.8. The Bertz CT molecular complexity index is 717. The lowest BCUT2D eigenvalue weighted by Gasteiger charge is -2.32. The number of carboxylic acid groups (broad SMARTS) is 1. The van der Waals surface area contributed by atoms with E-state index in [1.165, 1.54) is 5.56 Å². The van der Waals surface area contributed by atoms with Gasteiger partial charge in [0, 0.05) is 13.7 Å². The number of hydrogen-bond donors (Lipinski definition) is 2. The monoisotopic (exact) mass is 406 g/mol. The first-order chi connectivity index (χ1) is 14.0. The number of ether oxygens (including phenoxy) is 3. The third-order valence-corrected chi connectivity index (χ3v) is 6.16. The van der Waals surface area contributed by atoms with Gasteiger partial charge < -0.3 is 24.4 Å². The number of carbonyl (C=O) groups excluding carboxylic acids is 1. The molecule has 7 nitrogen and oxygen atoms in total. The van der Waals surface area contributed by atoms with Crippen molar-refractivity contribution in [3.8, 4) is 5.75 Å². The molecule has 2 aliphatic rings. The quantitative estimate of drug-likeness (QED) is 0.575. The molecule has 1 aromatic carbocycles. The summed E-state index contributed by atoms with van der Waals surface area (Å²) in [7, 11) is 1.56. The molecule has 3 rings (SSSR count).